The van der Waals surface area contributed by atoms with Crippen molar-refractivity contribution in [1.29, 1.82) is 0 Å². The summed E-state index contributed by atoms with van der Waals surface area (Å²) < 4.78 is 26.0. The summed E-state index contributed by atoms with van der Waals surface area (Å²) in [5.74, 6) is -2.39. The van der Waals surface area contributed by atoms with Crippen LogP contribution < -0.4 is 0 Å². The number of nitrogens with zero attached hydrogens (tertiary/aromatic N) is 1. The van der Waals surface area contributed by atoms with Gasteiger partial charge in [0.1, 0.15) is 0 Å². The number of rotatable bonds is 2. The predicted octanol–water partition coefficient (Wildman–Crippen LogP) is 3.07. The SMILES string of the molecule is O=C(c1ccc(F)c(F)c1)c1c[nH]c2ccncc12. The van der Waals surface area contributed by atoms with Crippen molar-refractivity contribution >= 4 is 16.7 Å². The van der Waals surface area contributed by atoms with Gasteiger partial charge in [-0.3, -0.25) is 9.78 Å². The lowest BCUT2D eigenvalue weighted by Gasteiger charge is -2.00. The van der Waals surface area contributed by atoms with Crippen LogP contribution >= 0.6 is 0 Å². The Morgan fingerprint density at radius 1 is 1.16 bits per heavy atom. The first-order valence-corrected chi connectivity index (χ1v) is 5.57. The molecule has 3 nitrogen and oxygen atoms in total. The van der Waals surface area contributed by atoms with Gasteiger partial charge >= 0.3 is 0 Å². The first-order valence-electron chi connectivity index (χ1n) is 5.57. The zero-order chi connectivity index (χ0) is 13.4. The van der Waals surface area contributed by atoms with Crippen LogP contribution in [0.25, 0.3) is 10.9 Å². The van der Waals surface area contributed by atoms with E-state index < -0.39 is 11.6 Å². The van der Waals surface area contributed by atoms with Gasteiger partial charge in [-0.05, 0) is 24.3 Å². The molecule has 5 heteroatoms. The minimum absolute atomic E-state index is 0.101. The molecular formula is C14H8F2N2O. The number of H-pyrrole nitrogens is 1. The highest BCUT2D eigenvalue weighted by Gasteiger charge is 2.15. The number of aromatic amines is 1. The predicted molar refractivity (Wildman–Crippen MR) is 65.9 cm³/mol. The lowest BCUT2D eigenvalue weighted by Crippen LogP contribution is -2.01. The molecule has 2 heterocycles. The average molecular weight is 258 g/mol. The largest absolute Gasteiger partial charge is 0.360 e. The van der Waals surface area contributed by atoms with Gasteiger partial charge in [0.05, 0.1) is 0 Å². The number of carbonyl (C=O) groups is 1. The molecule has 0 saturated heterocycles. The Labute approximate surface area is 106 Å². The van der Waals surface area contributed by atoms with E-state index in [-0.39, 0.29) is 11.3 Å². The molecule has 19 heavy (non-hydrogen) atoms. The summed E-state index contributed by atoms with van der Waals surface area (Å²) >= 11 is 0. The monoisotopic (exact) mass is 258 g/mol. The van der Waals surface area contributed by atoms with Crippen molar-refractivity contribution in [1.82, 2.24) is 9.97 Å². The van der Waals surface area contributed by atoms with E-state index in [1.54, 1.807) is 18.5 Å². The lowest BCUT2D eigenvalue weighted by atomic mass is 10.0. The van der Waals surface area contributed by atoms with E-state index in [2.05, 4.69) is 9.97 Å². The fourth-order valence-corrected chi connectivity index (χ4v) is 1.94. The molecule has 0 unspecified atom stereocenters. The summed E-state index contributed by atoms with van der Waals surface area (Å²) in [5, 5.41) is 0.650. The molecule has 1 aromatic carbocycles. The molecule has 0 radical (unpaired) electrons. The fourth-order valence-electron chi connectivity index (χ4n) is 1.94. The second-order valence-corrected chi connectivity index (χ2v) is 4.08. The number of fused-ring (bicyclic) bond motifs is 1. The van der Waals surface area contributed by atoms with Gasteiger partial charge in [-0.1, -0.05) is 0 Å². The lowest BCUT2D eigenvalue weighted by molar-refractivity contribution is 0.104. The molecule has 0 aliphatic heterocycles. The maximum atomic E-state index is 13.1. The Balaban J connectivity index is 2.11. The Bertz CT molecular complexity index is 780. The quantitative estimate of drug-likeness (QED) is 0.718. The van der Waals surface area contributed by atoms with Crippen molar-refractivity contribution in [2.24, 2.45) is 0 Å². The highest BCUT2D eigenvalue weighted by Crippen LogP contribution is 2.20. The standard InChI is InChI=1S/C14H8F2N2O/c15-11-2-1-8(5-12(11)16)14(19)10-7-18-13-3-4-17-6-9(10)13/h1-7,18H. The van der Waals surface area contributed by atoms with Crippen molar-refractivity contribution in [3.05, 3.63) is 65.6 Å². The van der Waals surface area contributed by atoms with Crippen LogP contribution in [0.3, 0.4) is 0 Å². The molecule has 0 bridgehead atoms. The third-order valence-electron chi connectivity index (χ3n) is 2.91. The number of ketones is 1. The maximum absolute atomic E-state index is 13.1. The molecule has 0 atom stereocenters. The zero-order valence-electron chi connectivity index (χ0n) is 9.65. The number of pyridine rings is 1. The van der Waals surface area contributed by atoms with Crippen molar-refractivity contribution in [2.75, 3.05) is 0 Å². The smallest absolute Gasteiger partial charge is 0.195 e. The summed E-state index contributed by atoms with van der Waals surface area (Å²) in [6.45, 7) is 0. The van der Waals surface area contributed by atoms with Gasteiger partial charge in [0.15, 0.2) is 17.4 Å². The van der Waals surface area contributed by atoms with Crippen LogP contribution in [0.4, 0.5) is 8.78 Å². The minimum Gasteiger partial charge on any atom is -0.360 e. The Hall–Kier alpha value is -2.56. The van der Waals surface area contributed by atoms with Gasteiger partial charge in [-0.25, -0.2) is 8.78 Å². The van der Waals surface area contributed by atoms with E-state index in [0.29, 0.717) is 10.9 Å². The molecular weight excluding hydrogens is 250 g/mol. The Morgan fingerprint density at radius 3 is 2.79 bits per heavy atom. The van der Waals surface area contributed by atoms with Crippen LogP contribution in [-0.2, 0) is 0 Å². The number of hydrogen-bond donors (Lipinski definition) is 1. The van der Waals surface area contributed by atoms with E-state index in [1.807, 2.05) is 0 Å². The van der Waals surface area contributed by atoms with Gasteiger partial charge in [-0.2, -0.15) is 0 Å². The van der Waals surface area contributed by atoms with E-state index in [9.17, 15) is 13.6 Å². The van der Waals surface area contributed by atoms with Gasteiger partial charge in [0.25, 0.3) is 0 Å². The first-order chi connectivity index (χ1) is 9.16. The highest BCUT2D eigenvalue weighted by molar-refractivity contribution is 6.16. The number of hydrogen-bond acceptors (Lipinski definition) is 2. The summed E-state index contributed by atoms with van der Waals surface area (Å²) in [7, 11) is 0. The number of benzene rings is 1. The van der Waals surface area contributed by atoms with Gasteiger partial charge in [-0.15, -0.1) is 0 Å². The molecule has 1 N–H and O–H groups in total. The molecule has 0 amide bonds. The third-order valence-corrected chi connectivity index (χ3v) is 2.91. The van der Waals surface area contributed by atoms with E-state index >= 15 is 0 Å². The molecule has 0 aliphatic rings. The molecule has 0 spiro atoms. The van der Waals surface area contributed by atoms with Crippen LogP contribution in [0.2, 0.25) is 0 Å². The second-order valence-electron chi connectivity index (χ2n) is 4.08. The minimum atomic E-state index is -1.04. The normalized spacial score (nSPS) is 10.8. The molecule has 0 aliphatic carbocycles. The Kier molecular flexibility index (Phi) is 2.59. The molecule has 3 aromatic rings. The maximum Gasteiger partial charge on any atom is 0.195 e. The van der Waals surface area contributed by atoms with E-state index in [4.69, 9.17) is 0 Å². The van der Waals surface area contributed by atoms with Crippen molar-refractivity contribution in [2.45, 2.75) is 0 Å². The van der Waals surface area contributed by atoms with Gasteiger partial charge < -0.3 is 4.98 Å². The number of aromatic nitrogens is 2. The average Bonchev–Trinajstić information content (AvgIpc) is 2.85. The summed E-state index contributed by atoms with van der Waals surface area (Å²) in [4.78, 5) is 19.1. The van der Waals surface area contributed by atoms with Crippen molar-refractivity contribution in [3.63, 3.8) is 0 Å². The number of nitrogens with one attached hydrogen (secondary N) is 1. The molecule has 0 saturated carbocycles. The van der Waals surface area contributed by atoms with Gasteiger partial charge in [0.2, 0.25) is 0 Å². The molecule has 94 valence electrons. The third kappa shape index (κ3) is 1.89. The summed E-state index contributed by atoms with van der Waals surface area (Å²) in [6, 6.07) is 4.83. The van der Waals surface area contributed by atoms with Gasteiger partial charge in [0, 0.05) is 40.6 Å². The Morgan fingerprint density at radius 2 is 2.00 bits per heavy atom. The van der Waals surface area contributed by atoms with E-state index in [1.165, 1.54) is 12.3 Å². The van der Waals surface area contributed by atoms with Crippen LogP contribution in [0, 0.1) is 11.6 Å². The fraction of sp³-hybridized carbons (Fsp3) is 0. The highest BCUT2D eigenvalue weighted by atomic mass is 19.2. The van der Waals surface area contributed by atoms with Crippen LogP contribution in [0.1, 0.15) is 15.9 Å². The van der Waals surface area contributed by atoms with Crippen LogP contribution in [0.15, 0.2) is 42.9 Å². The number of carbonyl (C=O) groups excluding carboxylic acids is 1. The van der Waals surface area contributed by atoms with Crippen molar-refractivity contribution in [3.8, 4) is 0 Å². The molecule has 3 rings (SSSR count). The first kappa shape index (κ1) is 11.5. The van der Waals surface area contributed by atoms with E-state index in [0.717, 1.165) is 17.6 Å². The second kappa shape index (κ2) is 4.28. The zero-order valence-corrected chi connectivity index (χ0v) is 9.65. The molecule has 0 fully saturated rings. The topological polar surface area (TPSA) is 45.8 Å². The van der Waals surface area contributed by atoms with Crippen LogP contribution in [-0.4, -0.2) is 15.8 Å². The number of halogens is 2. The molecule has 2 aromatic heterocycles. The summed E-state index contributed by atoms with van der Waals surface area (Å²) in [6.07, 6.45) is 4.69. The van der Waals surface area contributed by atoms with Crippen LogP contribution in [0.5, 0.6) is 0 Å². The van der Waals surface area contributed by atoms with Crippen molar-refractivity contribution < 1.29 is 13.6 Å². The summed E-state index contributed by atoms with van der Waals surface area (Å²) in [5.41, 5.74) is 1.25.